The van der Waals surface area contributed by atoms with E-state index < -0.39 is 0 Å². The highest BCUT2D eigenvalue weighted by Crippen LogP contribution is 2.17. The monoisotopic (exact) mass is 405 g/mol. The van der Waals surface area contributed by atoms with Crippen molar-refractivity contribution in [2.24, 2.45) is 0 Å². The Kier molecular flexibility index (Phi) is 8.66. The first-order valence-corrected chi connectivity index (χ1v) is 10.8. The Morgan fingerprint density at radius 3 is 2.37 bits per heavy atom. The Labute approximate surface area is 179 Å². The second-order valence-electron chi connectivity index (χ2n) is 7.60. The molecule has 5 heteroatoms. The Morgan fingerprint density at radius 1 is 0.900 bits per heavy atom. The number of rotatable bonds is 3. The van der Waals surface area contributed by atoms with Gasteiger partial charge in [-0.3, -0.25) is 9.59 Å². The second kappa shape index (κ2) is 11.9. The van der Waals surface area contributed by atoms with Crippen LogP contribution in [0, 0.1) is 0 Å². The molecule has 5 nitrogen and oxygen atoms in total. The van der Waals surface area contributed by atoms with Gasteiger partial charge in [0, 0.05) is 38.2 Å². The van der Waals surface area contributed by atoms with E-state index in [0.717, 1.165) is 36.9 Å². The van der Waals surface area contributed by atoms with Gasteiger partial charge >= 0.3 is 0 Å². The van der Waals surface area contributed by atoms with Crippen molar-refractivity contribution in [3.8, 4) is 0 Å². The minimum atomic E-state index is -0.0194. The lowest BCUT2D eigenvalue weighted by Gasteiger charge is -2.22. The summed E-state index contributed by atoms with van der Waals surface area (Å²) in [7, 11) is 0. The molecule has 1 heterocycles. The van der Waals surface area contributed by atoms with Crippen LogP contribution < -0.4 is 10.6 Å². The molecule has 0 aromatic heterocycles. The third-order valence-corrected chi connectivity index (χ3v) is 5.29. The molecule has 0 aliphatic carbocycles. The maximum Gasteiger partial charge on any atom is 0.246 e. The number of hydrogen-bond donors (Lipinski definition) is 2. The highest BCUT2D eigenvalue weighted by Gasteiger charge is 2.17. The number of nitrogens with zero attached hydrogens (tertiary/aromatic N) is 1. The summed E-state index contributed by atoms with van der Waals surface area (Å²) >= 11 is 0. The molecule has 1 aliphatic heterocycles. The third kappa shape index (κ3) is 7.16. The maximum atomic E-state index is 12.7. The highest BCUT2D eigenvalue weighted by atomic mass is 16.2. The minimum absolute atomic E-state index is 0.0194. The number of nitrogens with one attached hydrogen (secondary N) is 2. The molecule has 3 rings (SSSR count). The van der Waals surface area contributed by atoms with E-state index in [1.807, 2.05) is 71.6 Å². The zero-order chi connectivity index (χ0) is 21.0. The van der Waals surface area contributed by atoms with Crippen molar-refractivity contribution >= 4 is 17.9 Å². The van der Waals surface area contributed by atoms with Crippen LogP contribution >= 0.6 is 0 Å². The lowest BCUT2D eigenvalue weighted by molar-refractivity contribution is -0.126. The van der Waals surface area contributed by atoms with Crippen molar-refractivity contribution in [1.29, 1.82) is 0 Å². The fourth-order valence-electron chi connectivity index (χ4n) is 3.62. The van der Waals surface area contributed by atoms with Gasteiger partial charge in [0.15, 0.2) is 0 Å². The number of hydrogen-bond acceptors (Lipinski definition) is 3. The van der Waals surface area contributed by atoms with Gasteiger partial charge in [0.1, 0.15) is 0 Å². The largest absolute Gasteiger partial charge is 0.356 e. The van der Waals surface area contributed by atoms with Crippen LogP contribution in [0.25, 0.3) is 6.08 Å². The van der Waals surface area contributed by atoms with E-state index in [1.165, 1.54) is 0 Å². The molecule has 2 N–H and O–H groups in total. The summed E-state index contributed by atoms with van der Waals surface area (Å²) in [5.74, 6) is 0.103. The zero-order valence-corrected chi connectivity index (χ0v) is 17.4. The fraction of sp³-hybridized carbons (Fsp3) is 0.360. The van der Waals surface area contributed by atoms with E-state index in [-0.39, 0.29) is 17.9 Å². The first-order chi connectivity index (χ1) is 14.7. The van der Waals surface area contributed by atoms with Crippen LogP contribution in [0.2, 0.25) is 0 Å². The van der Waals surface area contributed by atoms with Gasteiger partial charge in [-0.25, -0.2) is 0 Å². The number of amides is 2. The van der Waals surface area contributed by atoms with Crippen LogP contribution in [0.3, 0.4) is 0 Å². The quantitative estimate of drug-likeness (QED) is 0.768. The molecule has 0 saturated carbocycles. The van der Waals surface area contributed by atoms with E-state index in [4.69, 9.17) is 0 Å². The van der Waals surface area contributed by atoms with Crippen LogP contribution in [-0.2, 0) is 9.59 Å². The van der Waals surface area contributed by atoms with Crippen molar-refractivity contribution in [3.63, 3.8) is 0 Å². The lowest BCUT2D eigenvalue weighted by atomic mass is 10.0. The standard InChI is InChI=1S/C25H31N3O2/c29-24-20-23(22-12-5-2-6-13-22)26-17-9-19-28(18-8-7-16-27-24)25(30)15-14-21-10-3-1-4-11-21/h1-6,10-15,23,26H,7-9,16-20H2,(H,27,29)/b15-14+/t23-/m0/s1. The Hall–Kier alpha value is -2.92. The van der Waals surface area contributed by atoms with Gasteiger partial charge in [-0.05, 0) is 43.0 Å². The van der Waals surface area contributed by atoms with Crippen molar-refractivity contribution in [1.82, 2.24) is 15.5 Å². The van der Waals surface area contributed by atoms with Gasteiger partial charge in [0.05, 0.1) is 0 Å². The number of benzene rings is 2. The molecular weight excluding hydrogens is 374 g/mol. The number of carbonyl (C=O) groups excluding carboxylic acids is 2. The molecule has 1 fully saturated rings. The van der Waals surface area contributed by atoms with Crippen molar-refractivity contribution in [2.45, 2.75) is 31.7 Å². The molecule has 2 amide bonds. The summed E-state index contributed by atoms with van der Waals surface area (Å²) in [5, 5.41) is 6.52. The summed E-state index contributed by atoms with van der Waals surface area (Å²) in [5.41, 5.74) is 2.13. The summed E-state index contributed by atoms with van der Waals surface area (Å²) in [6, 6.07) is 19.9. The Morgan fingerprint density at radius 2 is 1.60 bits per heavy atom. The summed E-state index contributed by atoms with van der Waals surface area (Å²) in [4.78, 5) is 27.0. The van der Waals surface area contributed by atoms with Gasteiger partial charge in [-0.15, -0.1) is 0 Å². The van der Waals surface area contributed by atoms with E-state index >= 15 is 0 Å². The summed E-state index contributed by atoms with van der Waals surface area (Å²) < 4.78 is 0. The molecule has 30 heavy (non-hydrogen) atoms. The molecular formula is C25H31N3O2. The molecule has 0 bridgehead atoms. The van der Waals surface area contributed by atoms with Gasteiger partial charge in [-0.2, -0.15) is 0 Å². The van der Waals surface area contributed by atoms with Crippen molar-refractivity contribution in [3.05, 3.63) is 77.9 Å². The van der Waals surface area contributed by atoms with Crippen molar-refractivity contribution < 1.29 is 9.59 Å². The van der Waals surface area contributed by atoms with E-state index in [0.29, 0.717) is 26.1 Å². The van der Waals surface area contributed by atoms with Gasteiger partial charge in [0.2, 0.25) is 11.8 Å². The van der Waals surface area contributed by atoms with Crippen LogP contribution in [-0.4, -0.2) is 42.9 Å². The highest BCUT2D eigenvalue weighted by molar-refractivity contribution is 5.91. The maximum absolute atomic E-state index is 12.7. The van der Waals surface area contributed by atoms with Crippen LogP contribution in [0.4, 0.5) is 0 Å². The lowest BCUT2D eigenvalue weighted by Crippen LogP contribution is -2.34. The predicted octanol–water partition coefficient (Wildman–Crippen LogP) is 3.55. The number of carbonyl (C=O) groups is 2. The average molecular weight is 406 g/mol. The molecule has 0 spiro atoms. The molecule has 2 aromatic rings. The first-order valence-electron chi connectivity index (χ1n) is 10.8. The van der Waals surface area contributed by atoms with Crippen molar-refractivity contribution in [2.75, 3.05) is 26.2 Å². The van der Waals surface area contributed by atoms with Gasteiger partial charge in [0.25, 0.3) is 0 Å². The van der Waals surface area contributed by atoms with E-state index in [9.17, 15) is 9.59 Å². The van der Waals surface area contributed by atoms with Crippen LogP contribution in [0.5, 0.6) is 0 Å². The molecule has 0 unspecified atom stereocenters. The molecule has 0 radical (unpaired) electrons. The van der Waals surface area contributed by atoms with Gasteiger partial charge in [-0.1, -0.05) is 60.7 Å². The van der Waals surface area contributed by atoms with E-state index in [2.05, 4.69) is 10.6 Å². The fourth-order valence-corrected chi connectivity index (χ4v) is 3.62. The van der Waals surface area contributed by atoms with Gasteiger partial charge < -0.3 is 15.5 Å². The average Bonchev–Trinajstić information content (AvgIpc) is 2.80. The molecule has 158 valence electrons. The molecule has 1 saturated heterocycles. The summed E-state index contributed by atoms with van der Waals surface area (Å²) in [6.45, 7) is 2.80. The second-order valence-corrected chi connectivity index (χ2v) is 7.60. The Bertz CT molecular complexity index is 821. The molecule has 1 aliphatic rings. The SMILES string of the molecule is O=C1C[C@@H](c2ccccc2)NCCCN(C(=O)/C=C/c2ccccc2)CCCCN1. The molecule has 2 aromatic carbocycles. The van der Waals surface area contributed by atoms with E-state index in [1.54, 1.807) is 6.08 Å². The minimum Gasteiger partial charge on any atom is -0.356 e. The predicted molar refractivity (Wildman–Crippen MR) is 121 cm³/mol. The van der Waals surface area contributed by atoms with Crippen LogP contribution in [0.15, 0.2) is 66.7 Å². The Balaban J connectivity index is 1.61. The third-order valence-electron chi connectivity index (χ3n) is 5.29. The smallest absolute Gasteiger partial charge is 0.246 e. The van der Waals surface area contributed by atoms with Crippen LogP contribution in [0.1, 0.15) is 42.9 Å². The summed E-state index contributed by atoms with van der Waals surface area (Å²) in [6.07, 6.45) is 6.53. The topological polar surface area (TPSA) is 61.4 Å². The zero-order valence-electron chi connectivity index (χ0n) is 17.4. The first kappa shape index (κ1) is 21.8. The molecule has 1 atom stereocenters. The normalized spacial score (nSPS) is 19.4.